The summed E-state index contributed by atoms with van der Waals surface area (Å²) in [6.45, 7) is 2.30. The molecular formula is C17H25ClN2O2. The number of amides is 1. The highest BCUT2D eigenvalue weighted by Gasteiger charge is 2.22. The molecule has 1 aliphatic rings. The van der Waals surface area contributed by atoms with Crippen LogP contribution in [0.4, 0.5) is 11.4 Å². The van der Waals surface area contributed by atoms with Crippen LogP contribution in [0.25, 0.3) is 0 Å². The molecule has 1 N–H and O–H groups in total. The molecule has 0 bridgehead atoms. The zero-order valence-corrected chi connectivity index (χ0v) is 14.3. The predicted octanol–water partition coefficient (Wildman–Crippen LogP) is 3.94. The van der Waals surface area contributed by atoms with Crippen molar-refractivity contribution in [3.05, 3.63) is 23.2 Å². The fourth-order valence-electron chi connectivity index (χ4n) is 2.86. The third kappa shape index (κ3) is 4.62. The maximum atomic E-state index is 12.0. The second kappa shape index (κ2) is 7.84. The first-order chi connectivity index (χ1) is 10.5. The van der Waals surface area contributed by atoms with Gasteiger partial charge < -0.3 is 15.0 Å². The minimum atomic E-state index is -0.133. The van der Waals surface area contributed by atoms with Gasteiger partial charge in [0, 0.05) is 19.8 Å². The Labute approximate surface area is 137 Å². The predicted molar refractivity (Wildman–Crippen MR) is 91.8 cm³/mol. The van der Waals surface area contributed by atoms with Crippen molar-refractivity contribution in [1.82, 2.24) is 0 Å². The van der Waals surface area contributed by atoms with Gasteiger partial charge in [-0.3, -0.25) is 4.79 Å². The van der Waals surface area contributed by atoms with Crippen molar-refractivity contribution in [2.24, 2.45) is 5.92 Å². The van der Waals surface area contributed by atoms with Crippen LogP contribution in [0.1, 0.15) is 32.6 Å². The van der Waals surface area contributed by atoms with Crippen molar-refractivity contribution in [3.8, 4) is 0 Å². The Morgan fingerprint density at radius 1 is 1.36 bits per heavy atom. The first-order valence-corrected chi connectivity index (χ1v) is 8.23. The number of hydrogen-bond donors (Lipinski definition) is 1. The topological polar surface area (TPSA) is 41.6 Å². The number of hydrogen-bond acceptors (Lipinski definition) is 3. The van der Waals surface area contributed by atoms with E-state index >= 15 is 0 Å². The molecule has 0 aliphatic heterocycles. The second-order valence-electron chi connectivity index (χ2n) is 6.22. The number of nitrogens with zero attached hydrogens (tertiary/aromatic N) is 1. The van der Waals surface area contributed by atoms with E-state index in [0.29, 0.717) is 16.6 Å². The summed E-state index contributed by atoms with van der Waals surface area (Å²) in [5, 5.41) is 3.45. The summed E-state index contributed by atoms with van der Waals surface area (Å²) in [5.41, 5.74) is 1.62. The van der Waals surface area contributed by atoms with Gasteiger partial charge in [0.2, 0.25) is 5.91 Å². The van der Waals surface area contributed by atoms with E-state index in [-0.39, 0.29) is 18.6 Å². The lowest BCUT2D eigenvalue weighted by atomic mass is 9.88. The number of halogens is 1. The molecule has 1 fully saturated rings. The minimum Gasteiger partial charge on any atom is -0.376 e. The lowest BCUT2D eigenvalue weighted by Gasteiger charge is -2.28. The molecule has 4 nitrogen and oxygen atoms in total. The van der Waals surface area contributed by atoms with Crippen molar-refractivity contribution >= 4 is 28.9 Å². The van der Waals surface area contributed by atoms with Gasteiger partial charge in [-0.15, -0.1) is 0 Å². The van der Waals surface area contributed by atoms with E-state index in [1.807, 2.05) is 31.1 Å². The molecule has 1 aromatic rings. The molecule has 1 amide bonds. The number of rotatable bonds is 5. The molecule has 122 valence electrons. The number of anilines is 2. The summed E-state index contributed by atoms with van der Waals surface area (Å²) in [4.78, 5) is 13.9. The summed E-state index contributed by atoms with van der Waals surface area (Å²) in [7, 11) is 3.86. The minimum absolute atomic E-state index is 0.0993. The Morgan fingerprint density at radius 2 is 2.09 bits per heavy atom. The molecule has 0 saturated heterocycles. The number of benzene rings is 1. The molecule has 1 aromatic carbocycles. The lowest BCUT2D eigenvalue weighted by Crippen LogP contribution is -2.29. The van der Waals surface area contributed by atoms with Crippen molar-refractivity contribution < 1.29 is 9.53 Å². The molecule has 0 heterocycles. The molecule has 5 heteroatoms. The van der Waals surface area contributed by atoms with Gasteiger partial charge in [0.15, 0.2) is 0 Å². The standard InChI is InChI=1S/C17H25ClN2O2/c1-12-6-4-5-7-16(12)22-11-17(21)19-13-8-9-15(20(2)3)14(18)10-13/h8-10,12,16H,4-7,11H2,1-3H3,(H,19,21). The number of nitrogens with one attached hydrogen (secondary N) is 1. The van der Waals surface area contributed by atoms with Gasteiger partial charge >= 0.3 is 0 Å². The van der Waals surface area contributed by atoms with Crippen molar-refractivity contribution in [3.63, 3.8) is 0 Å². The quantitative estimate of drug-likeness (QED) is 0.892. The monoisotopic (exact) mass is 324 g/mol. The van der Waals surface area contributed by atoms with Crippen LogP contribution in [0.2, 0.25) is 5.02 Å². The van der Waals surface area contributed by atoms with Crippen molar-refractivity contribution in [2.75, 3.05) is 30.9 Å². The third-order valence-corrected chi connectivity index (χ3v) is 4.48. The largest absolute Gasteiger partial charge is 0.376 e. The van der Waals surface area contributed by atoms with Crippen LogP contribution in [0.5, 0.6) is 0 Å². The Balaban J connectivity index is 1.85. The first-order valence-electron chi connectivity index (χ1n) is 7.85. The van der Waals surface area contributed by atoms with Crippen LogP contribution in [-0.4, -0.2) is 32.7 Å². The number of ether oxygens (including phenoxy) is 1. The van der Waals surface area contributed by atoms with E-state index in [9.17, 15) is 4.79 Å². The van der Waals surface area contributed by atoms with Crippen LogP contribution >= 0.6 is 11.6 Å². The summed E-state index contributed by atoms with van der Waals surface area (Å²) in [6.07, 6.45) is 4.91. The van der Waals surface area contributed by atoms with E-state index in [2.05, 4.69) is 12.2 Å². The fourth-order valence-corrected chi connectivity index (χ4v) is 3.21. The van der Waals surface area contributed by atoms with Crippen molar-refractivity contribution in [2.45, 2.75) is 38.7 Å². The molecule has 22 heavy (non-hydrogen) atoms. The molecule has 0 aromatic heterocycles. The molecule has 2 atom stereocenters. The Hall–Kier alpha value is -1.26. The Bertz CT molecular complexity index is 519. The van der Waals surface area contributed by atoms with Crippen LogP contribution < -0.4 is 10.2 Å². The maximum absolute atomic E-state index is 12.0. The summed E-state index contributed by atoms with van der Waals surface area (Å²) in [5.74, 6) is 0.404. The van der Waals surface area contributed by atoms with Crippen molar-refractivity contribution in [1.29, 1.82) is 0 Å². The van der Waals surface area contributed by atoms with Crippen LogP contribution in [0, 0.1) is 5.92 Å². The van der Waals surface area contributed by atoms with Gasteiger partial charge in [0.25, 0.3) is 0 Å². The molecule has 2 unspecified atom stereocenters. The van der Waals surface area contributed by atoms with Crippen LogP contribution in [0.15, 0.2) is 18.2 Å². The van der Waals surface area contributed by atoms with Gasteiger partial charge in [0.05, 0.1) is 16.8 Å². The number of carbonyl (C=O) groups is 1. The Morgan fingerprint density at radius 3 is 2.73 bits per heavy atom. The van der Waals surface area contributed by atoms with Gasteiger partial charge in [-0.25, -0.2) is 0 Å². The normalized spacial score (nSPS) is 21.5. The van der Waals surface area contributed by atoms with Gasteiger partial charge in [-0.05, 0) is 37.0 Å². The molecule has 0 radical (unpaired) electrons. The Kier molecular flexibility index (Phi) is 6.09. The lowest BCUT2D eigenvalue weighted by molar-refractivity contribution is -0.124. The highest BCUT2D eigenvalue weighted by atomic mass is 35.5. The third-order valence-electron chi connectivity index (χ3n) is 4.17. The molecular weight excluding hydrogens is 300 g/mol. The molecule has 0 spiro atoms. The van der Waals surface area contributed by atoms with Crippen LogP contribution in [0.3, 0.4) is 0 Å². The molecule has 1 saturated carbocycles. The highest BCUT2D eigenvalue weighted by Crippen LogP contribution is 2.28. The second-order valence-corrected chi connectivity index (χ2v) is 6.63. The number of carbonyl (C=O) groups excluding carboxylic acids is 1. The molecule has 1 aliphatic carbocycles. The maximum Gasteiger partial charge on any atom is 0.250 e. The first kappa shape index (κ1) is 17.1. The zero-order chi connectivity index (χ0) is 16.1. The van der Waals surface area contributed by atoms with Gasteiger partial charge in [0.1, 0.15) is 6.61 Å². The summed E-state index contributed by atoms with van der Waals surface area (Å²) in [6, 6.07) is 5.50. The summed E-state index contributed by atoms with van der Waals surface area (Å²) < 4.78 is 5.77. The van der Waals surface area contributed by atoms with E-state index in [4.69, 9.17) is 16.3 Å². The smallest absolute Gasteiger partial charge is 0.250 e. The van der Waals surface area contributed by atoms with E-state index in [0.717, 1.165) is 12.1 Å². The van der Waals surface area contributed by atoms with E-state index in [1.54, 1.807) is 6.07 Å². The van der Waals surface area contributed by atoms with E-state index < -0.39 is 0 Å². The van der Waals surface area contributed by atoms with Gasteiger partial charge in [-0.1, -0.05) is 31.4 Å². The average molecular weight is 325 g/mol. The SMILES string of the molecule is CC1CCCCC1OCC(=O)Nc1ccc(N(C)C)c(Cl)c1. The molecule has 2 rings (SSSR count). The average Bonchev–Trinajstić information content (AvgIpc) is 2.46. The van der Waals surface area contributed by atoms with Crippen LogP contribution in [-0.2, 0) is 9.53 Å². The van der Waals surface area contributed by atoms with Gasteiger partial charge in [-0.2, -0.15) is 0 Å². The zero-order valence-electron chi connectivity index (χ0n) is 13.6. The fraction of sp³-hybridized carbons (Fsp3) is 0.588. The highest BCUT2D eigenvalue weighted by molar-refractivity contribution is 6.33. The summed E-state index contributed by atoms with van der Waals surface area (Å²) >= 11 is 6.20. The van der Waals surface area contributed by atoms with E-state index in [1.165, 1.54) is 19.3 Å².